The lowest BCUT2D eigenvalue weighted by molar-refractivity contribution is 0.193. The molecular formula is C20H25FN6. The van der Waals surface area contributed by atoms with Crippen LogP contribution in [0.2, 0.25) is 0 Å². The minimum Gasteiger partial charge on any atom is -0.352 e. The van der Waals surface area contributed by atoms with Gasteiger partial charge in [0.2, 0.25) is 0 Å². The molecule has 2 aliphatic rings. The quantitative estimate of drug-likeness (QED) is 0.829. The van der Waals surface area contributed by atoms with Crippen LogP contribution in [0.4, 0.5) is 10.2 Å². The van der Waals surface area contributed by atoms with Gasteiger partial charge in [0.1, 0.15) is 11.5 Å². The number of rotatable bonds is 4. The minimum absolute atomic E-state index is 0.258. The fourth-order valence-electron chi connectivity index (χ4n) is 3.74. The molecule has 4 rings (SSSR count). The van der Waals surface area contributed by atoms with Crippen LogP contribution in [0.3, 0.4) is 0 Å². The molecule has 1 fully saturated rings. The van der Waals surface area contributed by atoms with E-state index in [1.165, 1.54) is 12.1 Å². The second kappa shape index (κ2) is 7.60. The molecule has 7 heteroatoms. The number of nitrogens with zero attached hydrogens (tertiary/aromatic N) is 6. The lowest BCUT2D eigenvalue weighted by Gasteiger charge is -2.37. The first-order chi connectivity index (χ1) is 13.1. The van der Waals surface area contributed by atoms with Gasteiger partial charge in [-0.25, -0.2) is 9.37 Å². The molecule has 2 unspecified atom stereocenters. The molecule has 0 radical (unpaired) electrons. The second-order valence-corrected chi connectivity index (χ2v) is 7.27. The van der Waals surface area contributed by atoms with Gasteiger partial charge in [-0.2, -0.15) is 5.10 Å². The molecule has 142 valence electrons. The third-order valence-electron chi connectivity index (χ3n) is 5.57. The summed E-state index contributed by atoms with van der Waals surface area (Å²) in [7, 11) is 2.03. The van der Waals surface area contributed by atoms with E-state index in [1.807, 2.05) is 18.1 Å². The Morgan fingerprint density at radius 2 is 1.89 bits per heavy atom. The highest BCUT2D eigenvalue weighted by molar-refractivity contribution is 5.72. The molecule has 27 heavy (non-hydrogen) atoms. The van der Waals surface area contributed by atoms with Gasteiger partial charge in [-0.05, 0) is 19.1 Å². The van der Waals surface area contributed by atoms with Crippen molar-refractivity contribution in [1.29, 1.82) is 0 Å². The molecule has 0 N–H and O–H groups in total. The molecule has 0 saturated carbocycles. The lowest BCUT2D eigenvalue weighted by Crippen LogP contribution is -2.49. The van der Waals surface area contributed by atoms with Gasteiger partial charge in [0, 0.05) is 69.9 Å². The number of hydrazone groups is 1. The predicted molar refractivity (Wildman–Crippen MR) is 105 cm³/mol. The van der Waals surface area contributed by atoms with Gasteiger partial charge in [0.25, 0.3) is 0 Å². The summed E-state index contributed by atoms with van der Waals surface area (Å²) in [5.74, 6) is 1.05. The van der Waals surface area contributed by atoms with Crippen molar-refractivity contribution in [3.05, 3.63) is 42.5 Å². The molecule has 1 aromatic heterocycles. The topological polar surface area (TPSA) is 47.9 Å². The van der Waals surface area contributed by atoms with Crippen LogP contribution in [-0.2, 0) is 0 Å². The highest BCUT2D eigenvalue weighted by atomic mass is 19.1. The van der Waals surface area contributed by atoms with E-state index in [1.54, 1.807) is 18.5 Å². The smallest absolute Gasteiger partial charge is 0.155 e. The first kappa shape index (κ1) is 17.9. The van der Waals surface area contributed by atoms with E-state index in [-0.39, 0.29) is 5.82 Å². The van der Waals surface area contributed by atoms with Crippen LogP contribution in [-0.4, -0.2) is 71.9 Å². The zero-order chi connectivity index (χ0) is 18.8. The Morgan fingerprint density at radius 3 is 2.59 bits per heavy atom. The van der Waals surface area contributed by atoms with Crippen molar-refractivity contribution in [2.75, 3.05) is 44.7 Å². The Balaban J connectivity index is 1.44. The number of benzene rings is 1. The van der Waals surface area contributed by atoms with E-state index in [2.05, 4.69) is 38.0 Å². The Bertz CT molecular complexity index is 818. The van der Waals surface area contributed by atoms with Gasteiger partial charge in [0.15, 0.2) is 5.82 Å². The van der Waals surface area contributed by atoms with Gasteiger partial charge >= 0.3 is 0 Å². The lowest BCUT2D eigenvalue weighted by atomic mass is 10.0. The van der Waals surface area contributed by atoms with Gasteiger partial charge < -0.3 is 4.90 Å². The number of halogens is 1. The molecule has 2 aromatic rings. The number of hydrogen-bond acceptors (Lipinski definition) is 6. The fourth-order valence-corrected chi connectivity index (χ4v) is 3.74. The van der Waals surface area contributed by atoms with E-state index < -0.39 is 0 Å². The molecule has 3 heterocycles. The molecule has 0 spiro atoms. The molecule has 2 aliphatic heterocycles. The molecule has 1 aromatic carbocycles. The van der Waals surface area contributed by atoms with Crippen LogP contribution in [0.5, 0.6) is 0 Å². The van der Waals surface area contributed by atoms with Crippen LogP contribution in [0, 0.1) is 11.7 Å². The average Bonchev–Trinajstić information content (AvgIpc) is 3.01. The first-order valence-electron chi connectivity index (χ1n) is 9.43. The van der Waals surface area contributed by atoms with Crippen molar-refractivity contribution in [3.8, 4) is 11.3 Å². The molecule has 0 amide bonds. The minimum atomic E-state index is -0.258. The van der Waals surface area contributed by atoms with Crippen molar-refractivity contribution in [1.82, 2.24) is 19.9 Å². The molecule has 1 saturated heterocycles. The summed E-state index contributed by atoms with van der Waals surface area (Å²) in [6.45, 7) is 6.96. The van der Waals surface area contributed by atoms with Crippen molar-refractivity contribution in [3.63, 3.8) is 0 Å². The third kappa shape index (κ3) is 3.78. The summed E-state index contributed by atoms with van der Waals surface area (Å²) < 4.78 is 13.6. The predicted octanol–water partition coefficient (Wildman–Crippen LogP) is 2.34. The summed E-state index contributed by atoms with van der Waals surface area (Å²) in [5.41, 5.74) is 1.50. The maximum Gasteiger partial charge on any atom is 0.155 e. The van der Waals surface area contributed by atoms with Gasteiger partial charge in [-0.3, -0.25) is 14.9 Å². The Morgan fingerprint density at radius 1 is 1.11 bits per heavy atom. The number of piperazine rings is 1. The van der Waals surface area contributed by atoms with Crippen molar-refractivity contribution >= 4 is 12.0 Å². The average molecular weight is 368 g/mol. The molecule has 0 bridgehead atoms. The van der Waals surface area contributed by atoms with Gasteiger partial charge in [-0.15, -0.1) is 0 Å². The zero-order valence-corrected chi connectivity index (χ0v) is 15.8. The highest BCUT2D eigenvalue weighted by Crippen LogP contribution is 2.28. The van der Waals surface area contributed by atoms with E-state index >= 15 is 0 Å². The van der Waals surface area contributed by atoms with Crippen LogP contribution < -0.4 is 4.90 Å². The van der Waals surface area contributed by atoms with Crippen LogP contribution in [0.15, 0.2) is 41.8 Å². The maximum absolute atomic E-state index is 13.6. The van der Waals surface area contributed by atoms with E-state index in [9.17, 15) is 4.39 Å². The summed E-state index contributed by atoms with van der Waals surface area (Å²) in [6.07, 6.45) is 5.44. The van der Waals surface area contributed by atoms with Crippen LogP contribution in [0.25, 0.3) is 11.3 Å². The Labute approximate surface area is 159 Å². The fraction of sp³-hybridized carbons (Fsp3) is 0.450. The number of hydrogen-bond donors (Lipinski definition) is 0. The zero-order valence-electron chi connectivity index (χ0n) is 15.8. The first-order valence-corrected chi connectivity index (χ1v) is 9.43. The number of anilines is 1. The molecule has 6 nitrogen and oxygen atoms in total. The standard InChI is InChI=1S/C20H25FN6/c1-15-17(13-24-25(15)2)14-26-8-10-27(11-9-26)20-19(22-6-7-23-20)16-4-3-5-18(21)12-16/h3-7,12-13,15,17H,8-11,14H2,1-2H3. The monoisotopic (exact) mass is 368 g/mol. The molecular weight excluding hydrogens is 343 g/mol. The van der Waals surface area contributed by atoms with Crippen LogP contribution >= 0.6 is 0 Å². The SMILES string of the molecule is CC1C(CN2CCN(c3nccnc3-c3cccc(F)c3)CC2)C=NN1C. The van der Waals surface area contributed by atoms with Crippen molar-refractivity contribution in [2.45, 2.75) is 13.0 Å². The largest absolute Gasteiger partial charge is 0.352 e. The third-order valence-corrected chi connectivity index (χ3v) is 5.57. The Hall–Kier alpha value is -2.54. The Kier molecular flexibility index (Phi) is 5.03. The summed E-state index contributed by atoms with van der Waals surface area (Å²) in [4.78, 5) is 13.8. The van der Waals surface area contributed by atoms with Crippen LogP contribution in [0.1, 0.15) is 6.92 Å². The summed E-state index contributed by atoms with van der Waals surface area (Å²) in [6, 6.07) is 7.00. The van der Waals surface area contributed by atoms with Crippen molar-refractivity contribution < 1.29 is 4.39 Å². The maximum atomic E-state index is 13.6. The van der Waals surface area contributed by atoms with E-state index in [4.69, 9.17) is 0 Å². The second-order valence-electron chi connectivity index (χ2n) is 7.27. The molecule has 2 atom stereocenters. The van der Waals surface area contributed by atoms with Gasteiger partial charge in [-0.1, -0.05) is 12.1 Å². The van der Waals surface area contributed by atoms with E-state index in [0.29, 0.717) is 12.0 Å². The highest BCUT2D eigenvalue weighted by Gasteiger charge is 2.28. The molecule has 0 aliphatic carbocycles. The summed E-state index contributed by atoms with van der Waals surface area (Å²) in [5, 5.41) is 6.43. The number of aromatic nitrogens is 2. The normalized spacial score (nSPS) is 23.2. The van der Waals surface area contributed by atoms with Gasteiger partial charge in [0.05, 0.1) is 6.04 Å². The van der Waals surface area contributed by atoms with Crippen molar-refractivity contribution in [2.24, 2.45) is 11.0 Å². The van der Waals surface area contributed by atoms with E-state index in [0.717, 1.165) is 49.8 Å². The summed E-state index contributed by atoms with van der Waals surface area (Å²) >= 11 is 0.